The van der Waals surface area contributed by atoms with Crippen LogP contribution in [-0.4, -0.2) is 32.4 Å². The molecule has 1 fully saturated rings. The van der Waals surface area contributed by atoms with Gasteiger partial charge in [0, 0.05) is 13.1 Å². The number of rotatable bonds is 3. The Balaban J connectivity index is 1.90. The molecule has 1 aliphatic rings. The number of benzene rings is 1. The topological polar surface area (TPSA) is 30.5 Å². The van der Waals surface area contributed by atoms with E-state index in [-0.39, 0.29) is 11.9 Å². The highest BCUT2D eigenvalue weighted by atomic mass is 19.1. The first-order valence-electron chi connectivity index (χ1n) is 5.47. The second-order valence-electron chi connectivity index (χ2n) is 3.94. The number of halogens is 1. The molecule has 88 valence electrons. The molecule has 1 aromatic carbocycles. The third-order valence-electron chi connectivity index (χ3n) is 2.52. The fraction of sp³-hybridized carbons (Fsp3) is 0.500. The predicted molar refractivity (Wildman–Crippen MR) is 59.2 cm³/mol. The van der Waals surface area contributed by atoms with Gasteiger partial charge in [0.1, 0.15) is 12.7 Å². The van der Waals surface area contributed by atoms with E-state index in [9.17, 15) is 4.39 Å². The Bertz CT molecular complexity index is 351. The van der Waals surface area contributed by atoms with E-state index < -0.39 is 0 Å². The van der Waals surface area contributed by atoms with E-state index in [2.05, 4.69) is 5.32 Å². The van der Waals surface area contributed by atoms with Crippen molar-refractivity contribution in [3.8, 4) is 5.75 Å². The SMILES string of the molecule is Cc1ccc(F)c(OCC2CNCCO2)c1. The van der Waals surface area contributed by atoms with Gasteiger partial charge in [0.2, 0.25) is 0 Å². The first kappa shape index (κ1) is 11.4. The molecule has 1 unspecified atom stereocenters. The van der Waals surface area contributed by atoms with Crippen molar-refractivity contribution in [1.82, 2.24) is 5.32 Å². The van der Waals surface area contributed by atoms with Crippen molar-refractivity contribution in [1.29, 1.82) is 0 Å². The maximum Gasteiger partial charge on any atom is 0.165 e. The molecule has 0 amide bonds. The Morgan fingerprint density at radius 3 is 3.19 bits per heavy atom. The van der Waals surface area contributed by atoms with Crippen LogP contribution in [0.1, 0.15) is 5.56 Å². The van der Waals surface area contributed by atoms with E-state index >= 15 is 0 Å². The zero-order valence-electron chi connectivity index (χ0n) is 9.33. The Labute approximate surface area is 94.6 Å². The van der Waals surface area contributed by atoms with E-state index in [0.717, 1.165) is 18.7 Å². The van der Waals surface area contributed by atoms with E-state index in [1.165, 1.54) is 6.07 Å². The molecule has 0 saturated carbocycles. The molecule has 0 spiro atoms. The summed E-state index contributed by atoms with van der Waals surface area (Å²) in [5.41, 5.74) is 0.985. The summed E-state index contributed by atoms with van der Waals surface area (Å²) in [5.74, 6) is -0.0245. The van der Waals surface area contributed by atoms with Crippen molar-refractivity contribution < 1.29 is 13.9 Å². The van der Waals surface area contributed by atoms with Gasteiger partial charge in [-0.3, -0.25) is 0 Å². The Hall–Kier alpha value is -1.13. The van der Waals surface area contributed by atoms with E-state index in [1.54, 1.807) is 12.1 Å². The summed E-state index contributed by atoms with van der Waals surface area (Å²) in [6.45, 7) is 4.60. The van der Waals surface area contributed by atoms with Crippen molar-refractivity contribution in [2.75, 3.05) is 26.3 Å². The van der Waals surface area contributed by atoms with Gasteiger partial charge in [0.05, 0.1) is 6.61 Å². The lowest BCUT2D eigenvalue weighted by molar-refractivity contribution is -0.000549. The van der Waals surface area contributed by atoms with Crippen molar-refractivity contribution in [2.45, 2.75) is 13.0 Å². The minimum atomic E-state index is -0.325. The lowest BCUT2D eigenvalue weighted by atomic mass is 10.2. The zero-order chi connectivity index (χ0) is 11.4. The molecule has 1 heterocycles. The molecule has 16 heavy (non-hydrogen) atoms. The molecule has 1 saturated heterocycles. The van der Waals surface area contributed by atoms with Crippen LogP contribution >= 0.6 is 0 Å². The summed E-state index contributed by atoms with van der Waals surface area (Å²) in [6.07, 6.45) is 0.00802. The Morgan fingerprint density at radius 1 is 1.56 bits per heavy atom. The van der Waals surface area contributed by atoms with Gasteiger partial charge in [-0.25, -0.2) is 4.39 Å². The molecule has 1 aromatic rings. The van der Waals surface area contributed by atoms with Gasteiger partial charge in [-0.15, -0.1) is 0 Å². The van der Waals surface area contributed by atoms with Gasteiger partial charge in [0.25, 0.3) is 0 Å². The summed E-state index contributed by atoms with van der Waals surface area (Å²) in [5, 5.41) is 3.20. The van der Waals surface area contributed by atoms with Gasteiger partial charge in [-0.2, -0.15) is 0 Å². The Morgan fingerprint density at radius 2 is 2.44 bits per heavy atom. The standard InChI is InChI=1S/C12H16FNO2/c1-9-2-3-11(13)12(6-9)16-8-10-7-14-4-5-15-10/h2-3,6,10,14H,4-5,7-8H2,1H3. The molecule has 1 N–H and O–H groups in total. The zero-order valence-corrected chi connectivity index (χ0v) is 9.33. The first-order chi connectivity index (χ1) is 7.75. The minimum Gasteiger partial charge on any atom is -0.488 e. The number of nitrogens with one attached hydrogen (secondary N) is 1. The number of hydrogen-bond donors (Lipinski definition) is 1. The number of aryl methyl sites for hydroxylation is 1. The molecule has 1 aliphatic heterocycles. The summed E-state index contributed by atoms with van der Waals surface area (Å²) in [6, 6.07) is 4.84. The summed E-state index contributed by atoms with van der Waals surface area (Å²) in [7, 11) is 0. The van der Waals surface area contributed by atoms with Crippen LogP contribution in [0.25, 0.3) is 0 Å². The second-order valence-corrected chi connectivity index (χ2v) is 3.94. The molecule has 0 aromatic heterocycles. The van der Waals surface area contributed by atoms with Crippen LogP contribution in [0.5, 0.6) is 5.75 Å². The molecule has 0 radical (unpaired) electrons. The largest absolute Gasteiger partial charge is 0.488 e. The van der Waals surface area contributed by atoms with Crippen LogP contribution in [0, 0.1) is 12.7 Å². The third-order valence-corrected chi connectivity index (χ3v) is 2.52. The summed E-state index contributed by atoms with van der Waals surface area (Å²) >= 11 is 0. The third kappa shape index (κ3) is 2.93. The smallest absolute Gasteiger partial charge is 0.165 e. The minimum absolute atomic E-state index is 0.00802. The highest BCUT2D eigenvalue weighted by Crippen LogP contribution is 2.18. The van der Waals surface area contributed by atoms with Gasteiger partial charge in [-0.05, 0) is 24.6 Å². The molecule has 0 bridgehead atoms. The fourth-order valence-electron chi connectivity index (χ4n) is 1.63. The summed E-state index contributed by atoms with van der Waals surface area (Å²) in [4.78, 5) is 0. The Kier molecular flexibility index (Phi) is 3.74. The molecule has 3 nitrogen and oxygen atoms in total. The highest BCUT2D eigenvalue weighted by Gasteiger charge is 2.14. The second kappa shape index (κ2) is 5.27. The lowest BCUT2D eigenvalue weighted by Gasteiger charge is -2.23. The van der Waals surface area contributed by atoms with Crippen LogP contribution < -0.4 is 10.1 Å². The molecular weight excluding hydrogens is 209 g/mol. The quantitative estimate of drug-likeness (QED) is 0.845. The average molecular weight is 225 g/mol. The normalized spacial score (nSPS) is 20.8. The number of morpholine rings is 1. The molecule has 0 aliphatic carbocycles. The highest BCUT2D eigenvalue weighted by molar-refractivity contribution is 5.29. The molecule has 2 rings (SSSR count). The maximum atomic E-state index is 13.3. The maximum absolute atomic E-state index is 13.3. The first-order valence-corrected chi connectivity index (χ1v) is 5.47. The van der Waals surface area contributed by atoms with E-state index in [4.69, 9.17) is 9.47 Å². The van der Waals surface area contributed by atoms with Crippen LogP contribution in [0.2, 0.25) is 0 Å². The number of hydrogen-bond acceptors (Lipinski definition) is 3. The van der Waals surface area contributed by atoms with Crippen LogP contribution in [0.4, 0.5) is 4.39 Å². The molecule has 4 heteroatoms. The summed E-state index contributed by atoms with van der Waals surface area (Å²) < 4.78 is 24.2. The van der Waals surface area contributed by atoms with Gasteiger partial charge in [0.15, 0.2) is 11.6 Å². The van der Waals surface area contributed by atoms with E-state index in [0.29, 0.717) is 19.0 Å². The molecular formula is C12H16FNO2. The predicted octanol–water partition coefficient (Wildman–Crippen LogP) is 1.50. The number of ether oxygens (including phenoxy) is 2. The van der Waals surface area contributed by atoms with Crippen LogP contribution in [-0.2, 0) is 4.74 Å². The van der Waals surface area contributed by atoms with Gasteiger partial charge < -0.3 is 14.8 Å². The van der Waals surface area contributed by atoms with Gasteiger partial charge in [-0.1, -0.05) is 6.07 Å². The monoisotopic (exact) mass is 225 g/mol. The fourth-order valence-corrected chi connectivity index (χ4v) is 1.63. The average Bonchev–Trinajstić information content (AvgIpc) is 2.32. The van der Waals surface area contributed by atoms with Crippen molar-refractivity contribution in [3.63, 3.8) is 0 Å². The van der Waals surface area contributed by atoms with Crippen LogP contribution in [0.3, 0.4) is 0 Å². The van der Waals surface area contributed by atoms with Crippen molar-refractivity contribution in [2.24, 2.45) is 0 Å². The van der Waals surface area contributed by atoms with Crippen molar-refractivity contribution in [3.05, 3.63) is 29.6 Å². The van der Waals surface area contributed by atoms with E-state index in [1.807, 2.05) is 6.92 Å². The van der Waals surface area contributed by atoms with Crippen molar-refractivity contribution >= 4 is 0 Å². The van der Waals surface area contributed by atoms with Gasteiger partial charge >= 0.3 is 0 Å². The lowest BCUT2D eigenvalue weighted by Crippen LogP contribution is -2.41. The van der Waals surface area contributed by atoms with Crippen LogP contribution in [0.15, 0.2) is 18.2 Å². The molecule has 1 atom stereocenters.